The summed E-state index contributed by atoms with van der Waals surface area (Å²) < 4.78 is 10.5. The molecular formula is C19H26Cl2N4O3. The molecule has 3 rings (SSSR count). The van der Waals surface area contributed by atoms with Crippen molar-refractivity contribution in [2.45, 2.75) is 6.92 Å². The maximum absolute atomic E-state index is 12.4. The van der Waals surface area contributed by atoms with Crippen LogP contribution in [0, 0.1) is 0 Å². The second-order valence-corrected chi connectivity index (χ2v) is 5.96. The minimum absolute atomic E-state index is 0. The summed E-state index contributed by atoms with van der Waals surface area (Å²) in [6, 6.07) is 11.4. The molecule has 0 atom stereocenters. The van der Waals surface area contributed by atoms with Gasteiger partial charge in [-0.3, -0.25) is 4.90 Å². The van der Waals surface area contributed by atoms with Gasteiger partial charge in [0.25, 0.3) is 0 Å². The van der Waals surface area contributed by atoms with Gasteiger partial charge < -0.3 is 14.8 Å². The van der Waals surface area contributed by atoms with Gasteiger partial charge in [0.2, 0.25) is 0 Å². The second-order valence-electron chi connectivity index (χ2n) is 5.96. The number of carbonyl (C=O) groups is 1. The molecule has 1 aromatic carbocycles. The Morgan fingerprint density at radius 3 is 2.57 bits per heavy atom. The van der Waals surface area contributed by atoms with Crippen molar-refractivity contribution in [1.29, 1.82) is 0 Å². The lowest BCUT2D eigenvalue weighted by atomic mass is 10.1. The van der Waals surface area contributed by atoms with Crippen molar-refractivity contribution in [2.75, 3.05) is 51.3 Å². The van der Waals surface area contributed by atoms with Gasteiger partial charge in [-0.1, -0.05) is 30.3 Å². The van der Waals surface area contributed by atoms with Gasteiger partial charge in [-0.25, -0.2) is 4.79 Å². The normalized spacial score (nSPS) is 13.8. The molecule has 154 valence electrons. The molecule has 0 radical (unpaired) electrons. The molecular weight excluding hydrogens is 403 g/mol. The quantitative estimate of drug-likeness (QED) is 0.679. The summed E-state index contributed by atoms with van der Waals surface area (Å²) in [6.07, 6.45) is 0. The Kier molecular flexibility index (Phi) is 10.8. The van der Waals surface area contributed by atoms with Crippen molar-refractivity contribution in [3.8, 4) is 11.3 Å². The summed E-state index contributed by atoms with van der Waals surface area (Å²) in [5.41, 5.74) is 1.96. The molecule has 1 aliphatic rings. The second kappa shape index (κ2) is 12.5. The number of nitrogens with one attached hydrogen (secondary N) is 1. The monoisotopic (exact) mass is 428 g/mol. The van der Waals surface area contributed by atoms with Crippen LogP contribution in [-0.4, -0.2) is 67.1 Å². The number of ether oxygens (including phenoxy) is 2. The first kappa shape index (κ1) is 24.1. The Morgan fingerprint density at radius 2 is 1.89 bits per heavy atom. The minimum Gasteiger partial charge on any atom is -0.462 e. The number of halogens is 2. The number of esters is 1. The highest BCUT2D eigenvalue weighted by atomic mass is 35.5. The van der Waals surface area contributed by atoms with Crippen LogP contribution < -0.4 is 5.32 Å². The van der Waals surface area contributed by atoms with Crippen molar-refractivity contribution in [1.82, 2.24) is 15.1 Å². The Bertz CT molecular complexity index is 728. The molecule has 2 aromatic rings. The molecule has 0 bridgehead atoms. The molecule has 1 saturated heterocycles. The third-order valence-electron chi connectivity index (χ3n) is 4.18. The number of rotatable bonds is 7. The van der Waals surface area contributed by atoms with Gasteiger partial charge >= 0.3 is 5.97 Å². The van der Waals surface area contributed by atoms with Gasteiger partial charge in [0.05, 0.1) is 25.5 Å². The van der Waals surface area contributed by atoms with Gasteiger partial charge in [-0.05, 0) is 13.0 Å². The summed E-state index contributed by atoms with van der Waals surface area (Å²) in [5, 5.41) is 11.7. The van der Waals surface area contributed by atoms with E-state index in [9.17, 15) is 4.79 Å². The molecule has 28 heavy (non-hydrogen) atoms. The third-order valence-corrected chi connectivity index (χ3v) is 4.18. The number of anilines is 1. The molecule has 9 heteroatoms. The van der Waals surface area contributed by atoms with Crippen molar-refractivity contribution in [3.63, 3.8) is 0 Å². The number of carbonyl (C=O) groups excluding carboxylic acids is 1. The molecule has 0 aliphatic carbocycles. The van der Waals surface area contributed by atoms with E-state index < -0.39 is 5.97 Å². The SMILES string of the molecule is CCOC(=O)c1cc(-c2ccccc2)nnc1NCCN1CCOCC1.Cl.Cl. The first-order chi connectivity index (χ1) is 12.8. The standard InChI is InChI=1S/C19H24N4O3.2ClH/c1-2-26-19(24)16-14-17(15-6-4-3-5-7-15)21-22-18(16)20-8-9-23-10-12-25-13-11-23;;/h3-7,14H,2,8-13H2,1H3,(H,20,22);2*1H. The first-order valence-electron chi connectivity index (χ1n) is 8.92. The smallest absolute Gasteiger partial charge is 0.342 e. The van der Waals surface area contributed by atoms with Crippen LogP contribution in [0.25, 0.3) is 11.3 Å². The Hall–Kier alpha value is -1.93. The van der Waals surface area contributed by atoms with Crippen LogP contribution in [0.5, 0.6) is 0 Å². The maximum Gasteiger partial charge on any atom is 0.342 e. The van der Waals surface area contributed by atoms with E-state index in [-0.39, 0.29) is 24.8 Å². The fourth-order valence-electron chi connectivity index (χ4n) is 2.79. The molecule has 7 nitrogen and oxygen atoms in total. The van der Waals surface area contributed by atoms with Crippen LogP contribution >= 0.6 is 24.8 Å². The van der Waals surface area contributed by atoms with Crippen LogP contribution in [-0.2, 0) is 9.47 Å². The Balaban J connectivity index is 0.00000196. The van der Waals surface area contributed by atoms with E-state index in [1.807, 2.05) is 30.3 Å². The summed E-state index contributed by atoms with van der Waals surface area (Å²) in [7, 11) is 0. The van der Waals surface area contributed by atoms with Crippen LogP contribution in [0.15, 0.2) is 36.4 Å². The van der Waals surface area contributed by atoms with Gasteiger partial charge in [0.15, 0.2) is 5.82 Å². The average Bonchev–Trinajstić information content (AvgIpc) is 2.70. The highest BCUT2D eigenvalue weighted by Gasteiger charge is 2.17. The number of aromatic nitrogens is 2. The van der Waals surface area contributed by atoms with Gasteiger partial charge in [0.1, 0.15) is 5.56 Å². The van der Waals surface area contributed by atoms with Crippen LogP contribution in [0.2, 0.25) is 0 Å². The molecule has 1 fully saturated rings. The fourth-order valence-corrected chi connectivity index (χ4v) is 2.79. The topological polar surface area (TPSA) is 76.6 Å². The van der Waals surface area contributed by atoms with Gasteiger partial charge in [-0.2, -0.15) is 0 Å². The van der Waals surface area contributed by atoms with Crippen molar-refractivity contribution >= 4 is 36.6 Å². The highest BCUT2D eigenvalue weighted by molar-refractivity contribution is 5.95. The van der Waals surface area contributed by atoms with E-state index in [4.69, 9.17) is 9.47 Å². The molecule has 2 heterocycles. The lowest BCUT2D eigenvalue weighted by Gasteiger charge is -2.26. The Morgan fingerprint density at radius 1 is 1.18 bits per heavy atom. The van der Waals surface area contributed by atoms with Crippen LogP contribution in [0.4, 0.5) is 5.82 Å². The molecule has 1 aromatic heterocycles. The highest BCUT2D eigenvalue weighted by Crippen LogP contribution is 2.21. The molecule has 1 aliphatic heterocycles. The first-order valence-corrected chi connectivity index (χ1v) is 8.92. The molecule has 1 N–H and O–H groups in total. The van der Waals surface area contributed by atoms with Crippen molar-refractivity contribution < 1.29 is 14.3 Å². The molecule has 0 saturated carbocycles. The predicted molar refractivity (Wildman–Crippen MR) is 114 cm³/mol. The van der Waals surface area contributed by atoms with E-state index in [2.05, 4.69) is 20.4 Å². The number of benzene rings is 1. The summed E-state index contributed by atoms with van der Waals surface area (Å²) >= 11 is 0. The van der Waals surface area contributed by atoms with E-state index in [1.165, 1.54) is 0 Å². The van der Waals surface area contributed by atoms with E-state index in [0.717, 1.165) is 38.4 Å². The van der Waals surface area contributed by atoms with Crippen molar-refractivity contribution in [3.05, 3.63) is 42.0 Å². The summed E-state index contributed by atoms with van der Waals surface area (Å²) in [4.78, 5) is 14.7. The van der Waals surface area contributed by atoms with Gasteiger partial charge in [0, 0.05) is 31.7 Å². The zero-order valence-electron chi connectivity index (χ0n) is 15.8. The minimum atomic E-state index is -0.395. The largest absolute Gasteiger partial charge is 0.462 e. The number of nitrogens with zero attached hydrogens (tertiary/aromatic N) is 3. The van der Waals surface area contributed by atoms with E-state index in [0.29, 0.717) is 30.2 Å². The van der Waals surface area contributed by atoms with Crippen molar-refractivity contribution in [2.24, 2.45) is 0 Å². The van der Waals surface area contributed by atoms with Gasteiger partial charge in [-0.15, -0.1) is 35.0 Å². The lowest BCUT2D eigenvalue weighted by molar-refractivity contribution is 0.0398. The summed E-state index contributed by atoms with van der Waals surface area (Å²) in [5.74, 6) is 0.0600. The number of hydrogen-bond donors (Lipinski definition) is 1. The predicted octanol–water partition coefficient (Wildman–Crippen LogP) is 2.91. The van der Waals surface area contributed by atoms with E-state index in [1.54, 1.807) is 13.0 Å². The molecule has 0 amide bonds. The van der Waals surface area contributed by atoms with Crippen LogP contribution in [0.3, 0.4) is 0 Å². The third kappa shape index (κ3) is 6.60. The number of hydrogen-bond acceptors (Lipinski definition) is 7. The molecule has 0 unspecified atom stereocenters. The fraction of sp³-hybridized carbons (Fsp3) is 0.421. The van der Waals surface area contributed by atoms with Crippen LogP contribution in [0.1, 0.15) is 17.3 Å². The average molecular weight is 429 g/mol. The zero-order chi connectivity index (χ0) is 18.2. The summed E-state index contributed by atoms with van der Waals surface area (Å²) in [6.45, 7) is 7.00. The Labute approximate surface area is 177 Å². The zero-order valence-corrected chi connectivity index (χ0v) is 17.4. The maximum atomic E-state index is 12.4. The molecule has 0 spiro atoms. The number of morpholine rings is 1. The lowest BCUT2D eigenvalue weighted by Crippen LogP contribution is -2.39. The van der Waals surface area contributed by atoms with E-state index >= 15 is 0 Å².